The molecule has 0 saturated carbocycles. The molecule has 1 fully saturated rings. The van der Waals surface area contributed by atoms with E-state index in [1.807, 2.05) is 73.3 Å². The van der Waals surface area contributed by atoms with Crippen molar-refractivity contribution < 1.29 is 14.0 Å². The first-order chi connectivity index (χ1) is 19.8. The van der Waals surface area contributed by atoms with Crippen molar-refractivity contribution >= 4 is 28.5 Å². The Morgan fingerprint density at radius 1 is 1.00 bits per heavy atom. The maximum atomic E-state index is 13.3. The zero-order valence-electron chi connectivity index (χ0n) is 24.5. The molecular formula is C32H40N6O3. The second kappa shape index (κ2) is 12.7. The Kier molecular flexibility index (Phi) is 8.85. The average Bonchev–Trinajstić information content (AvgIpc) is 3.65. The van der Waals surface area contributed by atoms with Crippen LogP contribution in [0.4, 0.5) is 5.69 Å². The van der Waals surface area contributed by atoms with Crippen LogP contribution < -0.4 is 4.90 Å². The number of hydrogen-bond acceptors (Lipinski definition) is 6. The molecule has 0 aliphatic carbocycles. The van der Waals surface area contributed by atoms with E-state index in [2.05, 4.69) is 28.9 Å². The number of aromatic nitrogens is 2. The highest BCUT2D eigenvalue weighted by Crippen LogP contribution is 2.31. The molecule has 3 heterocycles. The molecule has 1 unspecified atom stereocenters. The number of furan rings is 1. The van der Waals surface area contributed by atoms with Gasteiger partial charge in [0.15, 0.2) is 5.76 Å². The molecule has 1 aliphatic heterocycles. The normalized spacial score (nSPS) is 15.0. The molecule has 1 atom stereocenters. The van der Waals surface area contributed by atoms with Crippen molar-refractivity contribution in [2.75, 3.05) is 58.3 Å². The number of para-hydroxylation sites is 2. The van der Waals surface area contributed by atoms with Crippen LogP contribution in [-0.2, 0) is 4.79 Å². The highest BCUT2D eigenvalue weighted by Gasteiger charge is 2.26. The molecule has 4 aromatic rings. The number of amides is 2. The van der Waals surface area contributed by atoms with Gasteiger partial charge in [-0.1, -0.05) is 19.1 Å². The van der Waals surface area contributed by atoms with Gasteiger partial charge in [-0.3, -0.25) is 14.5 Å². The molecule has 2 aromatic carbocycles. The summed E-state index contributed by atoms with van der Waals surface area (Å²) in [5.41, 5.74) is 3.46. The van der Waals surface area contributed by atoms with E-state index in [4.69, 9.17) is 9.40 Å². The maximum Gasteiger partial charge on any atom is 0.289 e. The molecule has 2 amide bonds. The Morgan fingerprint density at radius 3 is 2.41 bits per heavy atom. The van der Waals surface area contributed by atoms with E-state index in [0.29, 0.717) is 31.0 Å². The van der Waals surface area contributed by atoms with Crippen molar-refractivity contribution in [2.45, 2.75) is 32.7 Å². The number of anilines is 1. The number of carbonyl (C=O) groups is 2. The summed E-state index contributed by atoms with van der Waals surface area (Å²) in [6.45, 7) is 9.15. The van der Waals surface area contributed by atoms with E-state index in [1.54, 1.807) is 11.0 Å². The summed E-state index contributed by atoms with van der Waals surface area (Å²) in [7, 11) is 4.15. The number of aromatic amines is 1. The van der Waals surface area contributed by atoms with Crippen LogP contribution in [0.5, 0.6) is 0 Å². The van der Waals surface area contributed by atoms with E-state index < -0.39 is 0 Å². The van der Waals surface area contributed by atoms with Crippen LogP contribution >= 0.6 is 0 Å². The Morgan fingerprint density at radius 2 is 1.73 bits per heavy atom. The number of hydrogen-bond donors (Lipinski definition) is 1. The van der Waals surface area contributed by atoms with Gasteiger partial charge >= 0.3 is 0 Å². The third-order valence-electron chi connectivity index (χ3n) is 7.69. The van der Waals surface area contributed by atoms with Crippen molar-refractivity contribution in [3.8, 4) is 11.3 Å². The smallest absolute Gasteiger partial charge is 0.289 e. The van der Waals surface area contributed by atoms with Crippen LogP contribution in [-0.4, -0.2) is 89.8 Å². The summed E-state index contributed by atoms with van der Waals surface area (Å²) in [5.74, 6) is 1.69. The first-order valence-electron chi connectivity index (χ1n) is 14.5. The summed E-state index contributed by atoms with van der Waals surface area (Å²) in [6.07, 6.45) is 1.20. The van der Waals surface area contributed by atoms with Crippen LogP contribution in [0.1, 0.15) is 49.1 Å². The molecule has 41 heavy (non-hydrogen) atoms. The van der Waals surface area contributed by atoms with Gasteiger partial charge in [-0.2, -0.15) is 0 Å². The third-order valence-corrected chi connectivity index (χ3v) is 7.69. The largest absolute Gasteiger partial charge is 0.451 e. The highest BCUT2D eigenvalue weighted by molar-refractivity contribution is 5.94. The lowest BCUT2D eigenvalue weighted by Crippen LogP contribution is -2.49. The number of nitrogens with zero attached hydrogens (tertiary/aromatic N) is 5. The van der Waals surface area contributed by atoms with Gasteiger partial charge in [0, 0.05) is 56.9 Å². The van der Waals surface area contributed by atoms with E-state index in [0.717, 1.165) is 60.7 Å². The number of H-pyrrole nitrogens is 1. The molecule has 5 rings (SSSR count). The molecular weight excluding hydrogens is 516 g/mol. The number of rotatable bonds is 10. The minimum Gasteiger partial charge on any atom is -0.451 e. The van der Waals surface area contributed by atoms with Crippen molar-refractivity contribution in [1.82, 2.24) is 24.7 Å². The highest BCUT2D eigenvalue weighted by atomic mass is 16.4. The molecule has 0 radical (unpaired) electrons. The number of fused-ring (bicyclic) bond motifs is 1. The van der Waals surface area contributed by atoms with E-state index in [-0.39, 0.29) is 17.9 Å². The molecule has 1 N–H and O–H groups in total. The SMILES string of the molecule is CCCC(=O)N(c1ccc(-c2ccc(C(=O)N3CCN(CCN(C)C)CC3)o2)cc1)C(C)c1nc2ccccc2[nH]1. The van der Waals surface area contributed by atoms with E-state index in [9.17, 15) is 9.59 Å². The zero-order valence-corrected chi connectivity index (χ0v) is 24.5. The van der Waals surface area contributed by atoms with Crippen LogP contribution in [0, 0.1) is 0 Å². The predicted molar refractivity (Wildman–Crippen MR) is 162 cm³/mol. The maximum absolute atomic E-state index is 13.3. The number of piperazine rings is 1. The molecule has 2 aromatic heterocycles. The van der Waals surface area contributed by atoms with Gasteiger partial charge < -0.3 is 24.1 Å². The van der Waals surface area contributed by atoms with Gasteiger partial charge in [-0.05, 0) is 76.0 Å². The van der Waals surface area contributed by atoms with Gasteiger partial charge in [0.2, 0.25) is 5.91 Å². The fraction of sp³-hybridized carbons (Fsp3) is 0.406. The number of likely N-dealkylation sites (N-methyl/N-ethyl adjacent to an activating group) is 1. The van der Waals surface area contributed by atoms with E-state index in [1.165, 1.54) is 0 Å². The summed E-state index contributed by atoms with van der Waals surface area (Å²) in [5, 5.41) is 0. The van der Waals surface area contributed by atoms with Crippen LogP contribution in [0.25, 0.3) is 22.4 Å². The summed E-state index contributed by atoms with van der Waals surface area (Å²) in [4.78, 5) is 42.7. The van der Waals surface area contributed by atoms with Crippen molar-refractivity contribution in [1.29, 1.82) is 0 Å². The van der Waals surface area contributed by atoms with Crippen LogP contribution in [0.2, 0.25) is 0 Å². The fourth-order valence-electron chi connectivity index (χ4n) is 5.28. The second-order valence-electron chi connectivity index (χ2n) is 11.0. The minimum atomic E-state index is -0.275. The van der Waals surface area contributed by atoms with Gasteiger partial charge in [-0.15, -0.1) is 0 Å². The second-order valence-corrected chi connectivity index (χ2v) is 11.0. The molecule has 1 saturated heterocycles. The summed E-state index contributed by atoms with van der Waals surface area (Å²) in [6, 6.07) is 18.9. The molecule has 0 spiro atoms. The lowest BCUT2D eigenvalue weighted by molar-refractivity contribution is -0.119. The van der Waals surface area contributed by atoms with Crippen molar-refractivity contribution in [2.24, 2.45) is 0 Å². The number of carbonyl (C=O) groups excluding carboxylic acids is 2. The Labute approximate surface area is 241 Å². The Balaban J connectivity index is 1.28. The molecule has 0 bridgehead atoms. The van der Waals surface area contributed by atoms with Crippen LogP contribution in [0.15, 0.2) is 65.1 Å². The minimum absolute atomic E-state index is 0.0425. The lowest BCUT2D eigenvalue weighted by atomic mass is 10.1. The van der Waals surface area contributed by atoms with E-state index >= 15 is 0 Å². The topological polar surface area (TPSA) is 88.9 Å². The van der Waals surface area contributed by atoms with Gasteiger partial charge in [0.05, 0.1) is 17.1 Å². The number of nitrogens with one attached hydrogen (secondary N) is 1. The predicted octanol–water partition coefficient (Wildman–Crippen LogP) is 5.04. The lowest BCUT2D eigenvalue weighted by Gasteiger charge is -2.34. The molecule has 216 valence electrons. The zero-order chi connectivity index (χ0) is 28.9. The third kappa shape index (κ3) is 6.52. The average molecular weight is 557 g/mol. The monoisotopic (exact) mass is 556 g/mol. The summed E-state index contributed by atoms with van der Waals surface area (Å²) < 4.78 is 6.02. The Hall–Kier alpha value is -3.95. The standard InChI is InChI=1S/C32H40N6O3/c1-5-8-30(39)38(23(2)31-33-26-9-6-7-10-27(26)34-31)25-13-11-24(12-14-25)28-15-16-29(41-28)32(40)37-21-19-36(20-22-37)18-17-35(3)4/h6-7,9-16,23H,5,8,17-22H2,1-4H3,(H,33,34). The Bertz CT molecular complexity index is 1430. The molecule has 9 heteroatoms. The molecule has 9 nitrogen and oxygen atoms in total. The first kappa shape index (κ1) is 28.6. The fourth-order valence-corrected chi connectivity index (χ4v) is 5.28. The first-order valence-corrected chi connectivity index (χ1v) is 14.5. The van der Waals surface area contributed by atoms with Gasteiger partial charge in [-0.25, -0.2) is 4.98 Å². The van der Waals surface area contributed by atoms with Gasteiger partial charge in [0.25, 0.3) is 5.91 Å². The summed E-state index contributed by atoms with van der Waals surface area (Å²) >= 11 is 0. The molecule has 1 aliphatic rings. The quantitative estimate of drug-likeness (QED) is 0.295. The van der Waals surface area contributed by atoms with Crippen LogP contribution in [0.3, 0.4) is 0 Å². The van der Waals surface area contributed by atoms with Gasteiger partial charge in [0.1, 0.15) is 11.6 Å². The number of imidazole rings is 1. The van der Waals surface area contributed by atoms with Crippen molar-refractivity contribution in [3.63, 3.8) is 0 Å². The van der Waals surface area contributed by atoms with Crippen molar-refractivity contribution in [3.05, 3.63) is 72.2 Å². The number of benzene rings is 2.